The quantitative estimate of drug-likeness (QED) is 0.720. The van der Waals surface area contributed by atoms with E-state index in [1.807, 2.05) is 56.4 Å². The lowest BCUT2D eigenvalue weighted by atomic mass is 10.0. The molecule has 0 fully saturated rings. The number of H-pyrrole nitrogens is 1. The Labute approximate surface area is 111 Å². The smallest absolute Gasteiger partial charge is 0.256 e. The minimum absolute atomic E-state index is 0.0384. The lowest BCUT2D eigenvalue weighted by Gasteiger charge is -2.04. The van der Waals surface area contributed by atoms with E-state index in [1.54, 1.807) is 0 Å². The Bertz CT molecular complexity index is 801. The van der Waals surface area contributed by atoms with E-state index in [4.69, 9.17) is 0 Å². The van der Waals surface area contributed by atoms with Gasteiger partial charge in [-0.2, -0.15) is 0 Å². The van der Waals surface area contributed by atoms with Crippen LogP contribution in [0.15, 0.2) is 47.4 Å². The van der Waals surface area contributed by atoms with E-state index in [0.29, 0.717) is 0 Å². The number of nitrogens with one attached hydrogen (secondary N) is 1. The highest BCUT2D eigenvalue weighted by atomic mass is 16.1. The van der Waals surface area contributed by atoms with Gasteiger partial charge in [-0.25, -0.2) is 0 Å². The molecule has 2 heterocycles. The number of pyridine rings is 2. The third kappa shape index (κ3) is 2.15. The molecule has 0 bridgehead atoms. The predicted octanol–water partition coefficient (Wildman–Crippen LogP) is 3.21. The molecule has 0 aliphatic rings. The first-order chi connectivity index (χ1) is 9.13. The highest BCUT2D eigenvalue weighted by Gasteiger charge is 2.03. The first-order valence-electron chi connectivity index (χ1n) is 6.20. The number of aryl methyl sites for hydroxylation is 2. The SMILES string of the molecule is Cc1ccc(-c2ccc3c(=O)[nH]c(C)cc3c2)cn1. The van der Waals surface area contributed by atoms with Crippen molar-refractivity contribution in [1.82, 2.24) is 9.97 Å². The number of nitrogens with zero attached hydrogens (tertiary/aromatic N) is 1. The van der Waals surface area contributed by atoms with Gasteiger partial charge in [-0.1, -0.05) is 12.1 Å². The summed E-state index contributed by atoms with van der Waals surface area (Å²) < 4.78 is 0. The molecule has 1 aromatic carbocycles. The number of hydrogen-bond acceptors (Lipinski definition) is 2. The van der Waals surface area contributed by atoms with Gasteiger partial charge in [0, 0.05) is 28.5 Å². The normalized spacial score (nSPS) is 10.8. The van der Waals surface area contributed by atoms with Gasteiger partial charge in [0.2, 0.25) is 0 Å². The monoisotopic (exact) mass is 250 g/mol. The van der Waals surface area contributed by atoms with E-state index >= 15 is 0 Å². The molecule has 3 aromatic rings. The number of aromatic amines is 1. The summed E-state index contributed by atoms with van der Waals surface area (Å²) in [6, 6.07) is 11.9. The number of aromatic nitrogens is 2. The number of hydrogen-bond donors (Lipinski definition) is 1. The van der Waals surface area contributed by atoms with Crippen molar-refractivity contribution < 1.29 is 0 Å². The van der Waals surface area contributed by atoms with Crippen LogP contribution in [0.25, 0.3) is 21.9 Å². The topological polar surface area (TPSA) is 45.8 Å². The maximum Gasteiger partial charge on any atom is 0.256 e. The Hall–Kier alpha value is -2.42. The fraction of sp³-hybridized carbons (Fsp3) is 0.125. The predicted molar refractivity (Wildman–Crippen MR) is 77.3 cm³/mol. The van der Waals surface area contributed by atoms with Crippen LogP contribution in [0.3, 0.4) is 0 Å². The molecule has 0 saturated heterocycles. The summed E-state index contributed by atoms with van der Waals surface area (Å²) in [5.41, 5.74) is 3.97. The summed E-state index contributed by atoms with van der Waals surface area (Å²) in [7, 11) is 0. The fourth-order valence-corrected chi connectivity index (χ4v) is 2.22. The van der Waals surface area contributed by atoms with Gasteiger partial charge >= 0.3 is 0 Å². The Morgan fingerprint density at radius 1 is 1.00 bits per heavy atom. The molecule has 2 aromatic heterocycles. The average molecular weight is 250 g/mol. The van der Waals surface area contributed by atoms with Crippen LogP contribution in [0.5, 0.6) is 0 Å². The summed E-state index contributed by atoms with van der Waals surface area (Å²) in [5, 5.41) is 1.67. The van der Waals surface area contributed by atoms with Crippen LogP contribution in [0.1, 0.15) is 11.4 Å². The molecule has 0 saturated carbocycles. The van der Waals surface area contributed by atoms with Crippen LogP contribution in [0.2, 0.25) is 0 Å². The molecule has 1 N–H and O–H groups in total. The number of benzene rings is 1. The van der Waals surface area contributed by atoms with Gasteiger partial charge in [0.1, 0.15) is 0 Å². The van der Waals surface area contributed by atoms with Crippen molar-refractivity contribution >= 4 is 10.8 Å². The highest BCUT2D eigenvalue weighted by Crippen LogP contribution is 2.22. The minimum Gasteiger partial charge on any atom is -0.326 e. The van der Waals surface area contributed by atoms with Crippen molar-refractivity contribution in [3.63, 3.8) is 0 Å². The first-order valence-corrected chi connectivity index (χ1v) is 6.20. The van der Waals surface area contributed by atoms with Crippen LogP contribution < -0.4 is 5.56 Å². The van der Waals surface area contributed by atoms with Crippen molar-refractivity contribution in [3.05, 3.63) is 64.3 Å². The molecular weight excluding hydrogens is 236 g/mol. The van der Waals surface area contributed by atoms with Gasteiger partial charge in [0.15, 0.2) is 0 Å². The minimum atomic E-state index is -0.0384. The van der Waals surface area contributed by atoms with Gasteiger partial charge in [0.25, 0.3) is 5.56 Å². The largest absolute Gasteiger partial charge is 0.326 e. The zero-order valence-electron chi connectivity index (χ0n) is 10.9. The first kappa shape index (κ1) is 11.7. The van der Waals surface area contributed by atoms with Gasteiger partial charge < -0.3 is 4.98 Å². The molecule has 0 aliphatic heterocycles. The van der Waals surface area contributed by atoms with Crippen molar-refractivity contribution in [1.29, 1.82) is 0 Å². The van der Waals surface area contributed by atoms with E-state index in [9.17, 15) is 4.79 Å². The molecule has 3 rings (SSSR count). The lowest BCUT2D eigenvalue weighted by Crippen LogP contribution is -2.07. The third-order valence-electron chi connectivity index (χ3n) is 3.22. The second-order valence-corrected chi connectivity index (χ2v) is 4.77. The maximum atomic E-state index is 11.8. The Kier molecular flexibility index (Phi) is 2.67. The van der Waals surface area contributed by atoms with Crippen molar-refractivity contribution in [3.8, 4) is 11.1 Å². The molecule has 0 amide bonds. The summed E-state index contributed by atoms with van der Waals surface area (Å²) in [5.74, 6) is 0. The molecule has 0 aliphatic carbocycles. The molecular formula is C16H14N2O. The molecule has 0 spiro atoms. The highest BCUT2D eigenvalue weighted by molar-refractivity contribution is 5.86. The Morgan fingerprint density at radius 2 is 1.79 bits per heavy atom. The molecule has 0 atom stereocenters. The van der Waals surface area contributed by atoms with Gasteiger partial charge in [-0.05, 0) is 49.1 Å². The Balaban J connectivity index is 2.21. The fourth-order valence-electron chi connectivity index (χ4n) is 2.22. The van der Waals surface area contributed by atoms with Crippen LogP contribution >= 0.6 is 0 Å². The van der Waals surface area contributed by atoms with Gasteiger partial charge in [0.05, 0.1) is 0 Å². The molecule has 0 radical (unpaired) electrons. The molecule has 3 heteroatoms. The molecule has 19 heavy (non-hydrogen) atoms. The summed E-state index contributed by atoms with van der Waals surface area (Å²) in [6.07, 6.45) is 1.86. The molecule has 3 nitrogen and oxygen atoms in total. The standard InChI is InChI=1S/C16H14N2O/c1-10-3-4-13(9-17-10)12-5-6-15-14(8-12)7-11(2)18-16(15)19/h3-9H,1-2H3,(H,18,19). The van der Waals surface area contributed by atoms with E-state index in [1.165, 1.54) is 0 Å². The van der Waals surface area contributed by atoms with Crippen LogP contribution in [-0.4, -0.2) is 9.97 Å². The zero-order chi connectivity index (χ0) is 13.4. The van der Waals surface area contributed by atoms with E-state index in [0.717, 1.165) is 33.3 Å². The second kappa shape index (κ2) is 4.35. The zero-order valence-corrected chi connectivity index (χ0v) is 10.9. The van der Waals surface area contributed by atoms with Crippen molar-refractivity contribution in [2.75, 3.05) is 0 Å². The van der Waals surface area contributed by atoms with Crippen molar-refractivity contribution in [2.45, 2.75) is 13.8 Å². The van der Waals surface area contributed by atoms with Crippen LogP contribution in [0.4, 0.5) is 0 Å². The maximum absolute atomic E-state index is 11.8. The second-order valence-electron chi connectivity index (χ2n) is 4.77. The lowest BCUT2D eigenvalue weighted by molar-refractivity contribution is 1.17. The van der Waals surface area contributed by atoms with Crippen LogP contribution in [-0.2, 0) is 0 Å². The van der Waals surface area contributed by atoms with E-state index in [-0.39, 0.29) is 5.56 Å². The average Bonchev–Trinajstić information content (AvgIpc) is 2.38. The van der Waals surface area contributed by atoms with Gasteiger partial charge in [-0.15, -0.1) is 0 Å². The van der Waals surface area contributed by atoms with Crippen LogP contribution in [0, 0.1) is 13.8 Å². The van der Waals surface area contributed by atoms with Crippen molar-refractivity contribution in [2.24, 2.45) is 0 Å². The van der Waals surface area contributed by atoms with Gasteiger partial charge in [-0.3, -0.25) is 9.78 Å². The third-order valence-corrected chi connectivity index (χ3v) is 3.22. The van der Waals surface area contributed by atoms with E-state index in [2.05, 4.69) is 9.97 Å². The Morgan fingerprint density at radius 3 is 2.53 bits per heavy atom. The molecule has 0 unspecified atom stereocenters. The van der Waals surface area contributed by atoms with E-state index < -0.39 is 0 Å². The number of rotatable bonds is 1. The summed E-state index contributed by atoms with van der Waals surface area (Å²) >= 11 is 0. The summed E-state index contributed by atoms with van der Waals surface area (Å²) in [4.78, 5) is 18.9. The molecule has 94 valence electrons. The number of fused-ring (bicyclic) bond motifs is 1. The summed E-state index contributed by atoms with van der Waals surface area (Å²) in [6.45, 7) is 3.86.